The molecule has 0 saturated carbocycles. The molecule has 0 unspecified atom stereocenters. The molecular weight excluding hydrogens is 228 g/mol. The number of allylic oxidation sites excluding steroid dienone is 1. The van der Waals surface area contributed by atoms with Crippen LogP contribution in [-0.4, -0.2) is 5.88 Å². The summed E-state index contributed by atoms with van der Waals surface area (Å²) in [4.78, 5) is 0. The minimum atomic E-state index is 0.504. The Morgan fingerprint density at radius 2 is 1.41 bits per heavy atom. The minimum Gasteiger partial charge on any atom is -0.122 e. The third kappa shape index (κ3) is 5.37. The maximum atomic E-state index is 5.59. The number of hydrogen-bond acceptors (Lipinski definition) is 0. The second-order valence-electron chi connectivity index (χ2n) is 3.76. The van der Waals surface area contributed by atoms with Gasteiger partial charge in [0.05, 0.1) is 0 Å². The predicted molar refractivity (Wildman–Crippen MR) is 77.4 cm³/mol. The van der Waals surface area contributed by atoms with Crippen molar-refractivity contribution in [2.75, 3.05) is 5.88 Å². The summed E-state index contributed by atoms with van der Waals surface area (Å²) in [5.74, 6) is 0.504. The maximum Gasteiger partial charge on any atom is 0.0474 e. The van der Waals surface area contributed by atoms with Crippen LogP contribution in [0.25, 0.3) is 5.57 Å². The lowest BCUT2D eigenvalue weighted by Crippen LogP contribution is -1.80. The Kier molecular flexibility index (Phi) is 6.13. The van der Waals surface area contributed by atoms with E-state index < -0.39 is 0 Å². The second-order valence-corrected chi connectivity index (χ2v) is 4.03. The van der Waals surface area contributed by atoms with Crippen LogP contribution in [-0.2, 0) is 0 Å². The van der Waals surface area contributed by atoms with Crippen molar-refractivity contribution in [3.05, 3.63) is 78.4 Å². The molecular formula is C16H17Cl. The standard InChI is InChI=1S/C9H9Cl.C7H8/c1-8(7-10)9-5-3-2-4-6-9;1-7-5-3-2-4-6-7/h2-6H,1,7H2;2-6H,1H3. The molecule has 2 aromatic carbocycles. The van der Waals surface area contributed by atoms with Gasteiger partial charge in [0.25, 0.3) is 0 Å². The van der Waals surface area contributed by atoms with Gasteiger partial charge in [0, 0.05) is 5.88 Å². The molecule has 2 rings (SSSR count). The fourth-order valence-electron chi connectivity index (χ4n) is 1.29. The molecule has 0 aliphatic carbocycles. The van der Waals surface area contributed by atoms with Crippen LogP contribution in [0.2, 0.25) is 0 Å². The molecule has 0 bridgehead atoms. The third-order valence-electron chi connectivity index (χ3n) is 2.28. The van der Waals surface area contributed by atoms with Crippen LogP contribution in [0.5, 0.6) is 0 Å². The summed E-state index contributed by atoms with van der Waals surface area (Å²) in [5.41, 5.74) is 3.42. The molecule has 0 N–H and O–H groups in total. The van der Waals surface area contributed by atoms with Crippen LogP contribution in [0, 0.1) is 6.92 Å². The number of aryl methyl sites for hydroxylation is 1. The highest BCUT2D eigenvalue weighted by Gasteiger charge is 1.92. The van der Waals surface area contributed by atoms with Crippen LogP contribution >= 0.6 is 11.6 Å². The minimum absolute atomic E-state index is 0.504. The summed E-state index contributed by atoms with van der Waals surface area (Å²) in [6, 6.07) is 20.2. The molecule has 0 saturated heterocycles. The SMILES string of the molecule is C=C(CCl)c1ccccc1.Cc1ccccc1. The van der Waals surface area contributed by atoms with Crippen LogP contribution in [0.4, 0.5) is 0 Å². The summed E-state index contributed by atoms with van der Waals surface area (Å²) in [6.45, 7) is 5.89. The summed E-state index contributed by atoms with van der Waals surface area (Å²) in [7, 11) is 0. The van der Waals surface area contributed by atoms with Crippen molar-refractivity contribution >= 4 is 17.2 Å². The van der Waals surface area contributed by atoms with Crippen molar-refractivity contribution < 1.29 is 0 Å². The molecule has 0 atom stereocenters. The zero-order valence-corrected chi connectivity index (χ0v) is 10.8. The maximum absolute atomic E-state index is 5.59. The van der Waals surface area contributed by atoms with E-state index in [0.717, 1.165) is 11.1 Å². The Balaban J connectivity index is 0.000000181. The lowest BCUT2D eigenvalue weighted by molar-refractivity contribution is 1.48. The van der Waals surface area contributed by atoms with Gasteiger partial charge in [0.1, 0.15) is 0 Å². The molecule has 17 heavy (non-hydrogen) atoms. The van der Waals surface area contributed by atoms with Crippen molar-refractivity contribution in [2.45, 2.75) is 6.92 Å². The Bertz CT molecular complexity index is 432. The van der Waals surface area contributed by atoms with Gasteiger partial charge >= 0.3 is 0 Å². The molecule has 1 heteroatoms. The largest absolute Gasteiger partial charge is 0.122 e. The van der Waals surface area contributed by atoms with Gasteiger partial charge in [0.15, 0.2) is 0 Å². The number of alkyl halides is 1. The Morgan fingerprint density at radius 1 is 0.941 bits per heavy atom. The molecule has 0 aromatic heterocycles. The summed E-state index contributed by atoms with van der Waals surface area (Å²) in [6.07, 6.45) is 0. The fraction of sp³-hybridized carbons (Fsp3) is 0.125. The summed E-state index contributed by atoms with van der Waals surface area (Å²) >= 11 is 5.59. The quantitative estimate of drug-likeness (QED) is 0.657. The average molecular weight is 245 g/mol. The van der Waals surface area contributed by atoms with Gasteiger partial charge < -0.3 is 0 Å². The molecule has 0 aliphatic heterocycles. The lowest BCUT2D eigenvalue weighted by atomic mass is 10.1. The van der Waals surface area contributed by atoms with E-state index in [0.29, 0.717) is 5.88 Å². The average Bonchev–Trinajstić information content (AvgIpc) is 2.40. The van der Waals surface area contributed by atoms with Gasteiger partial charge in [-0.1, -0.05) is 72.8 Å². The smallest absolute Gasteiger partial charge is 0.0474 e. The van der Waals surface area contributed by atoms with E-state index in [1.54, 1.807) is 0 Å². The number of hydrogen-bond donors (Lipinski definition) is 0. The Labute approximate surface area is 109 Å². The topological polar surface area (TPSA) is 0 Å². The van der Waals surface area contributed by atoms with E-state index in [2.05, 4.69) is 25.6 Å². The number of halogens is 1. The number of benzene rings is 2. The molecule has 0 amide bonds. The first-order chi connectivity index (χ1) is 8.24. The number of rotatable bonds is 2. The van der Waals surface area contributed by atoms with Crippen LogP contribution in [0.1, 0.15) is 11.1 Å². The van der Waals surface area contributed by atoms with E-state index in [-0.39, 0.29) is 0 Å². The van der Waals surface area contributed by atoms with E-state index >= 15 is 0 Å². The first-order valence-corrected chi connectivity index (χ1v) is 6.08. The molecule has 0 radical (unpaired) electrons. The van der Waals surface area contributed by atoms with Crippen molar-refractivity contribution in [1.82, 2.24) is 0 Å². The Hall–Kier alpha value is -1.53. The molecule has 2 aromatic rings. The third-order valence-corrected chi connectivity index (χ3v) is 2.61. The Morgan fingerprint density at radius 3 is 1.76 bits per heavy atom. The lowest BCUT2D eigenvalue weighted by Gasteiger charge is -1.98. The first kappa shape index (κ1) is 13.5. The highest BCUT2D eigenvalue weighted by atomic mass is 35.5. The summed E-state index contributed by atoms with van der Waals surface area (Å²) in [5, 5.41) is 0. The van der Waals surface area contributed by atoms with Crippen molar-refractivity contribution in [1.29, 1.82) is 0 Å². The van der Waals surface area contributed by atoms with Crippen molar-refractivity contribution in [3.63, 3.8) is 0 Å². The second kappa shape index (κ2) is 7.70. The zero-order valence-electron chi connectivity index (χ0n) is 10.1. The molecule has 0 fully saturated rings. The van der Waals surface area contributed by atoms with Gasteiger partial charge in [-0.05, 0) is 18.1 Å². The van der Waals surface area contributed by atoms with Gasteiger partial charge in [-0.2, -0.15) is 0 Å². The molecule has 0 aliphatic rings. The monoisotopic (exact) mass is 244 g/mol. The van der Waals surface area contributed by atoms with Crippen LogP contribution < -0.4 is 0 Å². The molecule has 0 heterocycles. The van der Waals surface area contributed by atoms with E-state index in [9.17, 15) is 0 Å². The van der Waals surface area contributed by atoms with Gasteiger partial charge in [-0.25, -0.2) is 0 Å². The molecule has 0 spiro atoms. The first-order valence-electron chi connectivity index (χ1n) is 5.55. The van der Waals surface area contributed by atoms with Crippen molar-refractivity contribution in [3.8, 4) is 0 Å². The van der Waals surface area contributed by atoms with Crippen LogP contribution in [0.3, 0.4) is 0 Å². The van der Waals surface area contributed by atoms with Gasteiger partial charge in [-0.3, -0.25) is 0 Å². The van der Waals surface area contributed by atoms with E-state index in [1.807, 2.05) is 48.5 Å². The van der Waals surface area contributed by atoms with Crippen molar-refractivity contribution in [2.24, 2.45) is 0 Å². The highest BCUT2D eigenvalue weighted by molar-refractivity contribution is 6.23. The zero-order chi connectivity index (χ0) is 12.5. The fourth-order valence-corrected chi connectivity index (χ4v) is 1.44. The normalized spacial score (nSPS) is 9.06. The predicted octanol–water partition coefficient (Wildman–Crippen LogP) is 4.93. The summed E-state index contributed by atoms with van der Waals surface area (Å²) < 4.78 is 0. The van der Waals surface area contributed by atoms with Gasteiger partial charge in [0.2, 0.25) is 0 Å². The molecule has 0 nitrogen and oxygen atoms in total. The van der Waals surface area contributed by atoms with E-state index in [4.69, 9.17) is 11.6 Å². The van der Waals surface area contributed by atoms with Crippen LogP contribution in [0.15, 0.2) is 67.2 Å². The molecule has 88 valence electrons. The highest BCUT2D eigenvalue weighted by Crippen LogP contribution is 2.11. The van der Waals surface area contributed by atoms with Gasteiger partial charge in [-0.15, -0.1) is 11.6 Å². The van der Waals surface area contributed by atoms with E-state index in [1.165, 1.54) is 5.56 Å².